The van der Waals surface area contributed by atoms with Crippen molar-refractivity contribution in [3.8, 4) is 0 Å². The molecule has 17 nitrogen and oxygen atoms in total. The zero-order valence-corrected chi connectivity index (χ0v) is 39.4. The molecule has 1 atom stereocenters. The predicted molar refractivity (Wildman–Crippen MR) is 258 cm³/mol. The van der Waals surface area contributed by atoms with Crippen molar-refractivity contribution in [2.24, 2.45) is 5.92 Å². The number of fused-ring (bicyclic) bond motifs is 2. The number of hydrogen-bond acceptors (Lipinski definition) is 14. The van der Waals surface area contributed by atoms with E-state index in [1.165, 1.54) is 19.8 Å². The van der Waals surface area contributed by atoms with Gasteiger partial charge in [0.05, 0.1) is 28.2 Å². The number of benzene rings is 1. The first kappa shape index (κ1) is 45.3. The van der Waals surface area contributed by atoms with Crippen molar-refractivity contribution in [2.45, 2.75) is 83.8 Å². The molecule has 1 unspecified atom stereocenters. The van der Waals surface area contributed by atoms with Crippen LogP contribution in [0.3, 0.4) is 0 Å². The minimum Gasteiger partial charge on any atom is -0.368 e. The average Bonchev–Trinajstić information content (AvgIpc) is 3.98. The molecule has 3 amide bonds. The number of pyridine rings is 2. The van der Waals surface area contributed by atoms with Gasteiger partial charge in [0.25, 0.3) is 11.5 Å². The van der Waals surface area contributed by atoms with Gasteiger partial charge in [0.15, 0.2) is 5.78 Å². The normalized spacial score (nSPS) is 21.7. The second kappa shape index (κ2) is 19.2. The molecular formula is C49H61ClN12O5. The smallest absolute Gasteiger partial charge is 0.263 e. The second-order valence-electron chi connectivity index (χ2n) is 19.4. The Morgan fingerprint density at radius 1 is 0.806 bits per heavy atom. The number of aromatic nitrogens is 4. The van der Waals surface area contributed by atoms with Crippen molar-refractivity contribution in [1.29, 1.82) is 0 Å². The van der Waals surface area contributed by atoms with E-state index in [4.69, 9.17) is 21.6 Å². The van der Waals surface area contributed by atoms with Gasteiger partial charge >= 0.3 is 0 Å². The van der Waals surface area contributed by atoms with Gasteiger partial charge in [0.2, 0.25) is 17.8 Å². The van der Waals surface area contributed by atoms with E-state index in [2.05, 4.69) is 46.2 Å². The maximum atomic E-state index is 13.6. The number of halogens is 1. The van der Waals surface area contributed by atoms with Crippen LogP contribution in [-0.4, -0.2) is 154 Å². The van der Waals surface area contributed by atoms with E-state index in [9.17, 15) is 24.0 Å². The van der Waals surface area contributed by atoms with Crippen LogP contribution in [0.5, 0.6) is 0 Å². The molecule has 5 aliphatic heterocycles. The number of nitrogens with one attached hydrogen (secondary N) is 2. The zero-order chi connectivity index (χ0) is 46.3. The minimum atomic E-state index is -0.654. The lowest BCUT2D eigenvalue weighted by molar-refractivity contribution is -0.136. The van der Waals surface area contributed by atoms with Gasteiger partial charge in [-0.05, 0) is 94.8 Å². The number of rotatable bonds is 12. The van der Waals surface area contributed by atoms with Crippen molar-refractivity contribution in [1.82, 2.24) is 44.4 Å². The maximum absolute atomic E-state index is 13.6. The van der Waals surface area contributed by atoms with E-state index in [1.54, 1.807) is 22.6 Å². The Morgan fingerprint density at radius 3 is 2.19 bits per heavy atom. The Labute approximate surface area is 395 Å². The number of piperazine rings is 2. The van der Waals surface area contributed by atoms with E-state index in [1.807, 2.05) is 24.4 Å². The minimum absolute atomic E-state index is 0.0204. The molecule has 0 radical (unpaired) electrons. The van der Waals surface area contributed by atoms with Crippen LogP contribution in [0.2, 0.25) is 5.02 Å². The molecule has 4 aromatic rings. The number of carbonyl (C=O) groups excluding carboxylic acids is 4. The molecule has 354 valence electrons. The number of amides is 3. The van der Waals surface area contributed by atoms with Crippen molar-refractivity contribution in [2.75, 3.05) is 100 Å². The summed E-state index contributed by atoms with van der Waals surface area (Å²) in [6.07, 6.45) is 10.5. The van der Waals surface area contributed by atoms with E-state index < -0.39 is 11.9 Å². The van der Waals surface area contributed by atoms with Gasteiger partial charge in [-0.15, -0.1) is 0 Å². The standard InChI is InChI=1S/C49H61ClN12O5/c1-31-37-28-52-49(55-45(37)62(34-5-3-4-6-34)48(67)43(31)32(2)63)53-41-11-7-35(27-51-41)59-23-19-57(20-24-59)18-17-56-15-13-33(14-16-56)29-58-21-25-60(26-22-58)39-9-8-36-38(44(39)50)30-61(47(36)66)40-10-12-42(64)54-46(40)65/h7-9,11,27-28,33-34,40H,3-6,10,12-26,29-30H2,1-2H3,(H,54,64,65)(H,51,52,53,55). The fraction of sp³-hybridized carbons (Fsp3) is 0.551. The summed E-state index contributed by atoms with van der Waals surface area (Å²) >= 11 is 6.98. The summed E-state index contributed by atoms with van der Waals surface area (Å²) < 4.78 is 1.73. The fourth-order valence-electron chi connectivity index (χ4n) is 11.3. The number of aryl methyl sites for hydroxylation is 1. The zero-order valence-electron chi connectivity index (χ0n) is 38.6. The number of hydrogen-bond donors (Lipinski definition) is 2. The van der Waals surface area contributed by atoms with Gasteiger partial charge in [0.1, 0.15) is 17.5 Å². The largest absolute Gasteiger partial charge is 0.368 e. The summed E-state index contributed by atoms with van der Waals surface area (Å²) in [6.45, 7) is 16.7. The van der Waals surface area contributed by atoms with Crippen molar-refractivity contribution in [3.63, 3.8) is 0 Å². The van der Waals surface area contributed by atoms with Crippen molar-refractivity contribution >= 4 is 69.3 Å². The number of carbonyl (C=O) groups is 4. The highest BCUT2D eigenvalue weighted by molar-refractivity contribution is 6.35. The number of imide groups is 1. The fourth-order valence-corrected chi connectivity index (χ4v) is 11.7. The molecule has 10 rings (SSSR count). The summed E-state index contributed by atoms with van der Waals surface area (Å²) in [5.41, 5.74) is 4.49. The van der Waals surface area contributed by atoms with Gasteiger partial charge in [-0.3, -0.25) is 43.7 Å². The number of nitrogens with zero attached hydrogens (tertiary/aromatic N) is 10. The molecule has 8 heterocycles. The number of likely N-dealkylation sites (tertiary alicyclic amines) is 1. The first-order chi connectivity index (χ1) is 32.5. The van der Waals surface area contributed by atoms with Crippen LogP contribution in [0.4, 0.5) is 23.1 Å². The third-order valence-corrected chi connectivity index (χ3v) is 15.7. The molecule has 6 aliphatic rings. The third-order valence-electron chi connectivity index (χ3n) is 15.3. The molecule has 5 fully saturated rings. The lowest BCUT2D eigenvalue weighted by Crippen LogP contribution is -2.52. The van der Waals surface area contributed by atoms with Crippen LogP contribution in [-0.2, 0) is 16.1 Å². The predicted octanol–water partition coefficient (Wildman–Crippen LogP) is 4.63. The SMILES string of the molecule is CC(=O)c1c(C)c2cnc(Nc3ccc(N4CCN(CCN5CCC(CN6CCN(c7ccc8c(c7Cl)CN(C7CCC(=O)NC7=O)C8=O)CC6)CC5)CC4)cn3)nc2n(C2CCCC2)c1=O. The monoisotopic (exact) mass is 932 g/mol. The molecule has 1 saturated carbocycles. The van der Waals surface area contributed by atoms with Crippen molar-refractivity contribution in [3.05, 3.63) is 74.3 Å². The molecule has 67 heavy (non-hydrogen) atoms. The van der Waals surface area contributed by atoms with E-state index in [-0.39, 0.29) is 47.7 Å². The highest BCUT2D eigenvalue weighted by atomic mass is 35.5. The average molecular weight is 934 g/mol. The van der Waals surface area contributed by atoms with Gasteiger partial charge < -0.3 is 24.9 Å². The summed E-state index contributed by atoms with van der Waals surface area (Å²) in [5.74, 6) is 0.543. The molecule has 1 aromatic carbocycles. The van der Waals surface area contributed by atoms with E-state index >= 15 is 0 Å². The number of piperidine rings is 2. The molecule has 4 saturated heterocycles. The molecule has 18 heteroatoms. The Kier molecular flexibility index (Phi) is 13.0. The van der Waals surface area contributed by atoms with Gasteiger partial charge in [-0.25, -0.2) is 9.97 Å². The Hall–Kier alpha value is -5.49. The van der Waals surface area contributed by atoms with Crippen LogP contribution in [0.25, 0.3) is 11.0 Å². The molecule has 0 bridgehead atoms. The first-order valence-corrected chi connectivity index (χ1v) is 24.7. The van der Waals surface area contributed by atoms with Gasteiger partial charge in [-0.1, -0.05) is 24.4 Å². The van der Waals surface area contributed by atoms with E-state index in [0.29, 0.717) is 45.9 Å². The van der Waals surface area contributed by atoms with Crippen LogP contribution < -0.4 is 26.0 Å². The summed E-state index contributed by atoms with van der Waals surface area (Å²) in [6, 6.07) is 7.20. The number of Topliss-reactive ketones (excluding diaryl/α,β-unsaturated/α-hetero) is 1. The topological polar surface area (TPSA) is 172 Å². The maximum Gasteiger partial charge on any atom is 0.263 e. The second-order valence-corrected chi connectivity index (χ2v) is 19.7. The van der Waals surface area contributed by atoms with Gasteiger partial charge in [0, 0.05) is 114 Å². The molecule has 3 aromatic heterocycles. The summed E-state index contributed by atoms with van der Waals surface area (Å²) in [7, 11) is 0. The van der Waals surface area contributed by atoms with Crippen molar-refractivity contribution < 1.29 is 19.2 Å². The van der Waals surface area contributed by atoms with Crippen LogP contribution in [0, 0.1) is 12.8 Å². The van der Waals surface area contributed by atoms with Crippen LogP contribution in [0.15, 0.2) is 41.5 Å². The summed E-state index contributed by atoms with van der Waals surface area (Å²) in [5, 5.41) is 6.93. The Balaban J connectivity index is 0.647. The summed E-state index contributed by atoms with van der Waals surface area (Å²) in [4.78, 5) is 91.7. The number of ketones is 1. The lowest BCUT2D eigenvalue weighted by Gasteiger charge is -2.40. The Bertz CT molecular complexity index is 2610. The molecule has 2 N–H and O–H groups in total. The van der Waals surface area contributed by atoms with Gasteiger partial charge in [-0.2, -0.15) is 4.98 Å². The first-order valence-electron chi connectivity index (χ1n) is 24.3. The number of anilines is 4. The third kappa shape index (κ3) is 9.27. The van der Waals surface area contributed by atoms with E-state index in [0.717, 1.165) is 133 Å². The van der Waals surface area contributed by atoms with Crippen LogP contribution >= 0.6 is 11.6 Å². The molecular weight excluding hydrogens is 872 g/mol. The molecule has 0 spiro atoms. The Morgan fingerprint density at radius 2 is 1.51 bits per heavy atom. The highest BCUT2D eigenvalue weighted by Gasteiger charge is 2.41. The van der Waals surface area contributed by atoms with Crippen LogP contribution in [0.1, 0.15) is 96.2 Å². The lowest BCUT2D eigenvalue weighted by atomic mass is 9.96. The molecule has 1 aliphatic carbocycles. The highest BCUT2D eigenvalue weighted by Crippen LogP contribution is 2.39. The quantitative estimate of drug-likeness (QED) is 0.149.